The Morgan fingerprint density at radius 2 is 1.29 bits per heavy atom. The van der Waals surface area contributed by atoms with Crippen molar-refractivity contribution in [3.05, 3.63) is 0 Å². The molecule has 0 atom stereocenters. The Kier molecular flexibility index (Phi) is 5.22. The molecule has 2 aliphatic heterocycles. The molecule has 120 valence electrons. The first-order valence-electron chi connectivity index (χ1n) is 7.68. The van der Waals surface area contributed by atoms with E-state index in [1.165, 1.54) is 0 Å². The number of ether oxygens (including phenoxy) is 2. The van der Waals surface area contributed by atoms with Crippen molar-refractivity contribution < 1.29 is 19.1 Å². The number of carbonyl (C=O) groups is 2. The van der Waals surface area contributed by atoms with Crippen molar-refractivity contribution in [2.24, 2.45) is 5.41 Å². The highest BCUT2D eigenvalue weighted by Gasteiger charge is 2.32. The highest BCUT2D eigenvalue weighted by atomic mass is 16.7. The predicted molar refractivity (Wildman–Crippen MR) is 77.5 cm³/mol. The van der Waals surface area contributed by atoms with Crippen LogP contribution in [0.4, 0.5) is 0 Å². The van der Waals surface area contributed by atoms with Crippen LogP contribution in [0, 0.1) is 5.41 Å². The molecule has 2 aliphatic rings. The van der Waals surface area contributed by atoms with Crippen molar-refractivity contribution in [1.29, 1.82) is 0 Å². The molecule has 0 aromatic heterocycles. The molecule has 0 aromatic carbocycles. The maximum absolute atomic E-state index is 11.8. The van der Waals surface area contributed by atoms with Gasteiger partial charge in [0.25, 0.3) is 6.29 Å². The first-order chi connectivity index (χ1) is 9.84. The van der Waals surface area contributed by atoms with Crippen molar-refractivity contribution in [3.63, 3.8) is 0 Å². The zero-order valence-corrected chi connectivity index (χ0v) is 13.3. The fourth-order valence-electron chi connectivity index (χ4n) is 1.82. The molecule has 0 N–H and O–H groups in total. The molecule has 0 radical (unpaired) electrons. The smallest absolute Gasteiger partial charge is 0.310 e. The zero-order chi connectivity index (χ0) is 15.5. The molecule has 0 bridgehead atoms. The van der Waals surface area contributed by atoms with Crippen LogP contribution in [0.15, 0.2) is 0 Å². The fraction of sp³-hybridized carbons (Fsp3) is 0.867. The number of hydrogen-bond donors (Lipinski definition) is 0. The third-order valence-corrected chi connectivity index (χ3v) is 3.53. The minimum atomic E-state index is -0.819. The Morgan fingerprint density at radius 1 is 0.905 bits per heavy atom. The molecule has 0 aromatic rings. The van der Waals surface area contributed by atoms with E-state index in [-0.39, 0.29) is 11.9 Å². The van der Waals surface area contributed by atoms with E-state index in [0.717, 1.165) is 39.3 Å². The summed E-state index contributed by atoms with van der Waals surface area (Å²) in [6.45, 7) is 11.4. The van der Waals surface area contributed by atoms with Crippen LogP contribution in [0.3, 0.4) is 0 Å². The van der Waals surface area contributed by atoms with Crippen molar-refractivity contribution in [1.82, 2.24) is 9.80 Å². The van der Waals surface area contributed by atoms with E-state index in [1.807, 2.05) is 20.8 Å². The number of rotatable bonds is 8. The third-order valence-electron chi connectivity index (χ3n) is 3.53. The van der Waals surface area contributed by atoms with Gasteiger partial charge in [0.2, 0.25) is 0 Å². The van der Waals surface area contributed by atoms with E-state index in [1.54, 1.807) is 0 Å². The van der Waals surface area contributed by atoms with Gasteiger partial charge < -0.3 is 19.3 Å². The average Bonchev–Trinajstić information content (AvgIpc) is 3.26. The van der Waals surface area contributed by atoms with E-state index in [9.17, 15) is 9.59 Å². The Labute approximate surface area is 126 Å². The summed E-state index contributed by atoms with van der Waals surface area (Å²) in [5.74, 6) is -0.610. The summed E-state index contributed by atoms with van der Waals surface area (Å²) < 4.78 is 10.7. The molecular formula is C15H26N2O4. The maximum Gasteiger partial charge on any atom is 0.310 e. The van der Waals surface area contributed by atoms with E-state index in [2.05, 4.69) is 9.80 Å². The van der Waals surface area contributed by atoms with Crippen molar-refractivity contribution in [2.75, 3.05) is 39.3 Å². The van der Waals surface area contributed by atoms with Gasteiger partial charge in [0.1, 0.15) is 0 Å². The number of hydrogen-bond acceptors (Lipinski definition) is 6. The lowest BCUT2D eigenvalue weighted by Crippen LogP contribution is -2.36. The Balaban J connectivity index is 1.75. The van der Waals surface area contributed by atoms with Crippen LogP contribution in [0.2, 0.25) is 0 Å². The van der Waals surface area contributed by atoms with Gasteiger partial charge in [-0.05, 0) is 0 Å². The van der Waals surface area contributed by atoms with Crippen LogP contribution in [0.1, 0.15) is 33.6 Å². The lowest BCUT2D eigenvalue weighted by Gasteiger charge is -2.29. The second-order valence-corrected chi connectivity index (χ2v) is 6.86. The topological polar surface area (TPSA) is 58.6 Å². The summed E-state index contributed by atoms with van der Waals surface area (Å²) in [5, 5.41) is 0. The lowest BCUT2D eigenvalue weighted by atomic mass is 9.96. The normalized spacial score (nSPS) is 18.7. The summed E-state index contributed by atoms with van der Waals surface area (Å²) in [6.07, 6.45) is -0.128. The average molecular weight is 298 g/mol. The van der Waals surface area contributed by atoms with Crippen LogP contribution in [0.25, 0.3) is 0 Å². The Bertz CT molecular complexity index is 354. The van der Waals surface area contributed by atoms with Crippen molar-refractivity contribution >= 4 is 11.9 Å². The molecule has 0 spiro atoms. The Hall–Kier alpha value is -1.14. The van der Waals surface area contributed by atoms with Gasteiger partial charge in [0.15, 0.2) is 0 Å². The standard InChI is InChI=1S/C15H26N2O4/c1-15(2,3)14(20-12(18)4-6-16-8-9-16)21-13(19)5-7-17-10-11-17/h14H,4-11H2,1-3H3. The summed E-state index contributed by atoms with van der Waals surface area (Å²) in [7, 11) is 0. The first-order valence-corrected chi connectivity index (χ1v) is 7.68. The second-order valence-electron chi connectivity index (χ2n) is 6.86. The van der Waals surface area contributed by atoms with Gasteiger partial charge in [-0.2, -0.15) is 0 Å². The highest BCUT2D eigenvalue weighted by molar-refractivity contribution is 5.71. The molecule has 0 saturated carbocycles. The summed E-state index contributed by atoms with van der Waals surface area (Å²) >= 11 is 0. The van der Waals surface area contributed by atoms with E-state index in [4.69, 9.17) is 9.47 Å². The van der Waals surface area contributed by atoms with Gasteiger partial charge in [-0.15, -0.1) is 0 Å². The molecule has 0 unspecified atom stereocenters. The SMILES string of the molecule is CC(C)(C)C(OC(=O)CCN1CC1)OC(=O)CCN1CC1. The van der Waals surface area contributed by atoms with Crippen LogP contribution >= 0.6 is 0 Å². The minimum absolute atomic E-state index is 0.305. The van der Waals surface area contributed by atoms with Crippen molar-refractivity contribution in [3.8, 4) is 0 Å². The number of nitrogens with zero attached hydrogens (tertiary/aromatic N) is 2. The van der Waals surface area contributed by atoms with Crippen LogP contribution in [-0.4, -0.2) is 67.3 Å². The molecular weight excluding hydrogens is 272 g/mol. The largest absolute Gasteiger partial charge is 0.425 e. The van der Waals surface area contributed by atoms with Crippen molar-refractivity contribution in [2.45, 2.75) is 39.9 Å². The fourth-order valence-corrected chi connectivity index (χ4v) is 1.82. The van der Waals surface area contributed by atoms with Gasteiger partial charge in [-0.1, -0.05) is 20.8 Å². The summed E-state index contributed by atoms with van der Waals surface area (Å²) in [4.78, 5) is 28.0. The van der Waals surface area contributed by atoms with Gasteiger partial charge in [0.05, 0.1) is 12.8 Å². The van der Waals surface area contributed by atoms with Gasteiger partial charge in [-0.3, -0.25) is 9.59 Å². The van der Waals surface area contributed by atoms with Gasteiger partial charge in [-0.25, -0.2) is 0 Å². The summed E-state index contributed by atoms with van der Waals surface area (Å²) in [5.41, 5.74) is -0.426. The molecule has 6 heteroatoms. The molecule has 6 nitrogen and oxygen atoms in total. The molecule has 21 heavy (non-hydrogen) atoms. The van der Waals surface area contributed by atoms with Crippen LogP contribution in [0.5, 0.6) is 0 Å². The number of esters is 2. The number of carbonyl (C=O) groups excluding carboxylic acids is 2. The monoisotopic (exact) mass is 298 g/mol. The molecule has 2 heterocycles. The summed E-state index contributed by atoms with van der Waals surface area (Å²) in [6, 6.07) is 0. The molecule has 2 rings (SSSR count). The van der Waals surface area contributed by atoms with E-state index >= 15 is 0 Å². The molecule has 2 fully saturated rings. The maximum atomic E-state index is 11.8. The minimum Gasteiger partial charge on any atom is -0.425 e. The molecule has 0 aliphatic carbocycles. The van der Waals surface area contributed by atoms with E-state index < -0.39 is 11.7 Å². The molecule has 0 amide bonds. The van der Waals surface area contributed by atoms with Gasteiger partial charge >= 0.3 is 11.9 Å². The quantitative estimate of drug-likeness (QED) is 0.376. The third kappa shape index (κ3) is 6.44. The Morgan fingerprint density at radius 3 is 1.57 bits per heavy atom. The molecule has 2 saturated heterocycles. The highest BCUT2D eigenvalue weighted by Crippen LogP contribution is 2.24. The zero-order valence-electron chi connectivity index (χ0n) is 13.3. The van der Waals surface area contributed by atoms with Gasteiger partial charge in [0, 0.05) is 44.7 Å². The first kappa shape index (κ1) is 16.2. The predicted octanol–water partition coefficient (Wildman–Crippen LogP) is 0.856. The van der Waals surface area contributed by atoms with Crippen LogP contribution < -0.4 is 0 Å². The lowest BCUT2D eigenvalue weighted by molar-refractivity contribution is -0.207. The van der Waals surface area contributed by atoms with Crippen LogP contribution in [-0.2, 0) is 19.1 Å². The van der Waals surface area contributed by atoms with E-state index in [0.29, 0.717) is 12.8 Å². The second kappa shape index (κ2) is 6.75.